The lowest BCUT2D eigenvalue weighted by molar-refractivity contribution is 0.746. The van der Waals surface area contributed by atoms with Gasteiger partial charge in [-0.15, -0.1) is 0 Å². The lowest BCUT2D eigenvalue weighted by Crippen LogP contribution is -2.33. The van der Waals surface area contributed by atoms with Gasteiger partial charge in [0.2, 0.25) is 0 Å². The molecule has 3 heteroatoms. The predicted octanol–water partition coefficient (Wildman–Crippen LogP) is 12.5. The van der Waals surface area contributed by atoms with Crippen molar-refractivity contribution in [1.82, 2.24) is 9.55 Å². The van der Waals surface area contributed by atoms with Gasteiger partial charge in [0.25, 0.3) is 0 Å². The Balaban J connectivity index is 1.19. The van der Waals surface area contributed by atoms with E-state index in [0.717, 1.165) is 45.2 Å². The molecule has 0 fully saturated rings. The van der Waals surface area contributed by atoms with E-state index in [1.165, 1.54) is 44.5 Å². The highest BCUT2D eigenvalue weighted by molar-refractivity contribution is 5.98. The Labute approximate surface area is 308 Å². The number of aromatic nitrogens is 2. The first kappa shape index (κ1) is 29.7. The average molecular weight is 676 g/mol. The van der Waals surface area contributed by atoms with Gasteiger partial charge in [0, 0.05) is 22.6 Å². The van der Waals surface area contributed by atoms with Crippen LogP contribution in [-0.2, 0) is 5.41 Å². The van der Waals surface area contributed by atoms with Crippen molar-refractivity contribution >= 4 is 28.1 Å². The lowest BCUT2D eigenvalue weighted by atomic mass is 9.65. The molecule has 3 nitrogen and oxygen atoms in total. The van der Waals surface area contributed by atoms with E-state index in [1.807, 2.05) is 0 Å². The number of imidazole rings is 1. The molecular formula is C50H33N3. The van der Waals surface area contributed by atoms with E-state index in [-0.39, 0.29) is 0 Å². The van der Waals surface area contributed by atoms with Crippen molar-refractivity contribution in [3.05, 3.63) is 222 Å². The molecule has 1 aromatic heterocycles. The van der Waals surface area contributed by atoms with Gasteiger partial charge in [0.1, 0.15) is 5.82 Å². The summed E-state index contributed by atoms with van der Waals surface area (Å²) in [5, 5.41) is 0. The van der Waals surface area contributed by atoms with Crippen LogP contribution in [0.15, 0.2) is 200 Å². The zero-order valence-corrected chi connectivity index (χ0v) is 28.9. The highest BCUT2D eigenvalue weighted by Gasteiger charge is 2.51. The van der Waals surface area contributed by atoms with Crippen molar-refractivity contribution in [2.24, 2.45) is 0 Å². The summed E-state index contributed by atoms with van der Waals surface area (Å²) in [6, 6.07) is 72.6. The maximum absolute atomic E-state index is 5.33. The smallest absolute Gasteiger partial charge is 0.145 e. The van der Waals surface area contributed by atoms with Crippen LogP contribution >= 0.6 is 0 Å². The van der Waals surface area contributed by atoms with Crippen molar-refractivity contribution < 1.29 is 0 Å². The molecule has 1 spiro atoms. The Morgan fingerprint density at radius 1 is 0.396 bits per heavy atom. The van der Waals surface area contributed by atoms with E-state index in [0.29, 0.717) is 0 Å². The second-order valence-electron chi connectivity index (χ2n) is 13.9. The van der Waals surface area contributed by atoms with Gasteiger partial charge in [-0.05, 0) is 93.0 Å². The van der Waals surface area contributed by atoms with Gasteiger partial charge in [-0.25, -0.2) is 4.98 Å². The number of hydrogen-bond donors (Lipinski definition) is 0. The molecule has 1 aliphatic carbocycles. The van der Waals surface area contributed by atoms with Gasteiger partial charge in [0.15, 0.2) is 0 Å². The molecule has 1 unspecified atom stereocenters. The molecule has 8 aromatic carbocycles. The largest absolute Gasteiger partial charge is 0.310 e. The summed E-state index contributed by atoms with van der Waals surface area (Å²) in [5.74, 6) is 0.963. The molecule has 0 radical (unpaired) electrons. The van der Waals surface area contributed by atoms with Crippen molar-refractivity contribution in [3.63, 3.8) is 0 Å². The van der Waals surface area contributed by atoms with Gasteiger partial charge in [-0.3, -0.25) is 4.57 Å². The Morgan fingerprint density at radius 3 is 1.74 bits per heavy atom. The Hall–Kier alpha value is -6.97. The summed E-state index contributed by atoms with van der Waals surface area (Å²) in [5.41, 5.74) is 17.3. The van der Waals surface area contributed by atoms with E-state index in [2.05, 4.69) is 210 Å². The van der Waals surface area contributed by atoms with Crippen LogP contribution < -0.4 is 4.90 Å². The van der Waals surface area contributed by atoms with E-state index in [9.17, 15) is 0 Å². The fraction of sp³-hybridized carbons (Fsp3) is 0.0200. The molecule has 0 bridgehead atoms. The van der Waals surface area contributed by atoms with Crippen molar-refractivity contribution in [1.29, 1.82) is 0 Å². The number of rotatable bonds is 5. The standard InChI is InChI=1S/C50H33N3/c1-4-15-34(16-5-1)35-27-29-38(30-28-35)52(37-19-8-3-9-20-37)39-31-32-41-40-21-10-11-22-42(40)50(45(41)33-39)43-23-12-13-26-47(43)53-48-44(50)24-14-25-46(48)51-49(53)36-17-6-2-7-18-36/h1-33H. The molecule has 2 heterocycles. The number of hydrogen-bond acceptors (Lipinski definition) is 2. The topological polar surface area (TPSA) is 21.1 Å². The number of anilines is 3. The minimum absolute atomic E-state index is 0.554. The third kappa shape index (κ3) is 4.25. The first-order valence-corrected chi connectivity index (χ1v) is 18.2. The molecule has 11 rings (SSSR count). The van der Waals surface area contributed by atoms with E-state index in [4.69, 9.17) is 4.98 Å². The van der Waals surface area contributed by atoms with Crippen LogP contribution in [0.25, 0.3) is 50.4 Å². The average Bonchev–Trinajstić information content (AvgIpc) is 3.77. The highest BCUT2D eigenvalue weighted by atomic mass is 15.1. The summed E-state index contributed by atoms with van der Waals surface area (Å²) in [6.07, 6.45) is 0. The summed E-state index contributed by atoms with van der Waals surface area (Å²) in [7, 11) is 0. The molecule has 0 saturated heterocycles. The zero-order chi connectivity index (χ0) is 34.9. The summed E-state index contributed by atoms with van der Waals surface area (Å²) < 4.78 is 2.40. The van der Waals surface area contributed by atoms with Crippen LogP contribution in [-0.4, -0.2) is 9.55 Å². The first-order chi connectivity index (χ1) is 26.3. The maximum atomic E-state index is 5.33. The van der Waals surface area contributed by atoms with Gasteiger partial charge in [0.05, 0.1) is 22.1 Å². The molecule has 248 valence electrons. The minimum Gasteiger partial charge on any atom is -0.310 e. The number of benzene rings is 8. The van der Waals surface area contributed by atoms with Crippen LogP contribution in [0.1, 0.15) is 22.3 Å². The normalized spacial score (nSPS) is 14.9. The third-order valence-electron chi connectivity index (χ3n) is 11.2. The second-order valence-corrected chi connectivity index (χ2v) is 13.9. The maximum Gasteiger partial charge on any atom is 0.145 e. The SMILES string of the molecule is c1ccc(-c2ccc(N(c3ccccc3)c3ccc4c(c3)C3(c5ccccc5-4)c4ccccc4-n4c(-c5ccccc5)nc5cccc3c54)cc2)cc1. The van der Waals surface area contributed by atoms with Crippen molar-refractivity contribution in [3.8, 4) is 39.3 Å². The van der Waals surface area contributed by atoms with Crippen molar-refractivity contribution in [2.75, 3.05) is 4.90 Å². The molecular weight excluding hydrogens is 643 g/mol. The zero-order valence-electron chi connectivity index (χ0n) is 28.9. The van der Waals surface area contributed by atoms with Gasteiger partial charge >= 0.3 is 0 Å². The number of para-hydroxylation sites is 3. The Morgan fingerprint density at radius 2 is 0.962 bits per heavy atom. The monoisotopic (exact) mass is 675 g/mol. The number of fused-ring (bicyclic) bond motifs is 9. The summed E-state index contributed by atoms with van der Waals surface area (Å²) in [4.78, 5) is 7.72. The third-order valence-corrected chi connectivity index (χ3v) is 11.2. The summed E-state index contributed by atoms with van der Waals surface area (Å²) >= 11 is 0. The Bertz CT molecular complexity index is 2820. The molecule has 1 aliphatic heterocycles. The highest BCUT2D eigenvalue weighted by Crippen LogP contribution is 2.61. The molecule has 0 amide bonds. The lowest BCUT2D eigenvalue weighted by Gasteiger charge is -2.39. The van der Waals surface area contributed by atoms with Gasteiger partial charge in [-0.2, -0.15) is 0 Å². The second kappa shape index (κ2) is 11.5. The fourth-order valence-corrected chi connectivity index (χ4v) is 9.02. The molecule has 53 heavy (non-hydrogen) atoms. The predicted molar refractivity (Wildman–Crippen MR) is 217 cm³/mol. The van der Waals surface area contributed by atoms with Gasteiger partial charge in [-0.1, -0.05) is 152 Å². The van der Waals surface area contributed by atoms with Crippen molar-refractivity contribution in [2.45, 2.75) is 5.41 Å². The van der Waals surface area contributed by atoms with E-state index < -0.39 is 5.41 Å². The molecule has 0 N–H and O–H groups in total. The van der Waals surface area contributed by atoms with Crippen LogP contribution in [0.4, 0.5) is 17.1 Å². The molecule has 0 saturated carbocycles. The number of nitrogens with zero attached hydrogens (tertiary/aromatic N) is 3. The summed E-state index contributed by atoms with van der Waals surface area (Å²) in [6.45, 7) is 0. The van der Waals surface area contributed by atoms with Crippen LogP contribution in [0.3, 0.4) is 0 Å². The van der Waals surface area contributed by atoms with Crippen LogP contribution in [0, 0.1) is 0 Å². The molecule has 1 atom stereocenters. The quantitative estimate of drug-likeness (QED) is 0.181. The van der Waals surface area contributed by atoms with Gasteiger partial charge < -0.3 is 4.90 Å². The molecule has 9 aromatic rings. The van der Waals surface area contributed by atoms with E-state index in [1.54, 1.807) is 0 Å². The van der Waals surface area contributed by atoms with Crippen LogP contribution in [0.5, 0.6) is 0 Å². The van der Waals surface area contributed by atoms with Crippen LogP contribution in [0.2, 0.25) is 0 Å². The fourth-order valence-electron chi connectivity index (χ4n) is 9.02. The Kier molecular flexibility index (Phi) is 6.47. The first-order valence-electron chi connectivity index (χ1n) is 18.2. The minimum atomic E-state index is -0.554. The molecule has 2 aliphatic rings. The van der Waals surface area contributed by atoms with E-state index >= 15 is 0 Å².